The third kappa shape index (κ3) is 3.94. The smallest absolute Gasteiger partial charge is 0.261 e. The molecule has 3 rings (SSSR count). The second-order valence-electron chi connectivity index (χ2n) is 5.49. The van der Waals surface area contributed by atoms with Crippen molar-refractivity contribution in [3.63, 3.8) is 0 Å². The maximum absolute atomic E-state index is 12.3. The Hall–Kier alpha value is -2.79. The number of benzene rings is 3. The summed E-state index contributed by atoms with van der Waals surface area (Å²) in [5, 5.41) is 3.29. The molecule has 0 unspecified atom stereocenters. The van der Waals surface area contributed by atoms with Crippen LogP contribution in [-0.4, -0.2) is 8.42 Å². The maximum atomic E-state index is 12.3. The predicted octanol–water partition coefficient (Wildman–Crippen LogP) is 4.54. The molecule has 122 valence electrons. The lowest BCUT2D eigenvalue weighted by molar-refractivity contribution is 0.601. The highest BCUT2D eigenvalue weighted by atomic mass is 32.2. The van der Waals surface area contributed by atoms with Gasteiger partial charge in [-0.2, -0.15) is 0 Å². The molecule has 5 heteroatoms. The molecule has 0 atom stereocenters. The highest BCUT2D eigenvalue weighted by molar-refractivity contribution is 7.92. The van der Waals surface area contributed by atoms with Crippen LogP contribution in [0.5, 0.6) is 0 Å². The standard InChI is InChI=1S/C19H18N2O2S/c1-15-6-5-7-18(14-15)20-16-10-12-17(13-11-16)21-24(22,23)19-8-3-2-4-9-19/h2-14,20-21H,1H3. The quantitative estimate of drug-likeness (QED) is 0.718. The monoisotopic (exact) mass is 338 g/mol. The molecular formula is C19H18N2O2S. The van der Waals surface area contributed by atoms with Gasteiger partial charge in [-0.15, -0.1) is 0 Å². The first-order valence-corrected chi connectivity index (χ1v) is 9.03. The molecule has 3 aromatic carbocycles. The highest BCUT2D eigenvalue weighted by Crippen LogP contribution is 2.21. The van der Waals surface area contributed by atoms with Crippen LogP contribution in [0.15, 0.2) is 83.8 Å². The van der Waals surface area contributed by atoms with Crippen molar-refractivity contribution in [2.45, 2.75) is 11.8 Å². The van der Waals surface area contributed by atoms with Gasteiger partial charge in [-0.05, 0) is 61.0 Å². The van der Waals surface area contributed by atoms with Crippen molar-refractivity contribution in [2.75, 3.05) is 10.0 Å². The third-order valence-corrected chi connectivity index (χ3v) is 4.89. The van der Waals surface area contributed by atoms with E-state index in [0.29, 0.717) is 5.69 Å². The number of nitrogens with one attached hydrogen (secondary N) is 2. The van der Waals surface area contributed by atoms with Crippen molar-refractivity contribution >= 4 is 27.1 Å². The summed E-state index contributed by atoms with van der Waals surface area (Å²) in [5.41, 5.74) is 3.58. The first-order valence-electron chi connectivity index (χ1n) is 7.54. The predicted molar refractivity (Wildman–Crippen MR) is 98.2 cm³/mol. The normalized spacial score (nSPS) is 11.0. The molecule has 3 aromatic rings. The second kappa shape index (κ2) is 6.76. The molecule has 0 aliphatic rings. The van der Waals surface area contributed by atoms with Crippen LogP contribution in [0.25, 0.3) is 0 Å². The molecule has 0 fully saturated rings. The first kappa shape index (κ1) is 16.1. The molecule has 0 bridgehead atoms. The molecular weight excluding hydrogens is 320 g/mol. The molecule has 0 aliphatic heterocycles. The van der Waals surface area contributed by atoms with Crippen LogP contribution in [-0.2, 0) is 10.0 Å². The van der Waals surface area contributed by atoms with Crippen molar-refractivity contribution < 1.29 is 8.42 Å². The van der Waals surface area contributed by atoms with Crippen molar-refractivity contribution in [3.05, 3.63) is 84.4 Å². The molecule has 4 nitrogen and oxygen atoms in total. The topological polar surface area (TPSA) is 58.2 Å². The minimum absolute atomic E-state index is 0.243. The summed E-state index contributed by atoms with van der Waals surface area (Å²) in [6.07, 6.45) is 0. The van der Waals surface area contributed by atoms with E-state index in [0.717, 1.165) is 11.4 Å². The van der Waals surface area contributed by atoms with Crippen LogP contribution in [0.3, 0.4) is 0 Å². The summed E-state index contributed by atoms with van der Waals surface area (Å²) in [7, 11) is -3.56. The van der Waals surface area contributed by atoms with Crippen molar-refractivity contribution in [3.8, 4) is 0 Å². The number of hydrogen-bond donors (Lipinski definition) is 2. The maximum Gasteiger partial charge on any atom is 0.261 e. The van der Waals surface area contributed by atoms with Crippen LogP contribution in [0, 0.1) is 6.92 Å². The van der Waals surface area contributed by atoms with Gasteiger partial charge in [-0.3, -0.25) is 4.72 Å². The average molecular weight is 338 g/mol. The molecule has 24 heavy (non-hydrogen) atoms. The molecule has 0 aromatic heterocycles. The number of hydrogen-bond acceptors (Lipinski definition) is 3. The van der Waals surface area contributed by atoms with Gasteiger partial charge in [0.25, 0.3) is 10.0 Å². The van der Waals surface area contributed by atoms with E-state index in [9.17, 15) is 8.42 Å². The van der Waals surface area contributed by atoms with E-state index in [4.69, 9.17) is 0 Å². The van der Waals surface area contributed by atoms with E-state index in [1.807, 2.05) is 43.3 Å². The van der Waals surface area contributed by atoms with E-state index in [2.05, 4.69) is 10.0 Å². The summed E-state index contributed by atoms with van der Waals surface area (Å²) < 4.78 is 27.2. The van der Waals surface area contributed by atoms with Gasteiger partial charge in [0.1, 0.15) is 0 Å². The van der Waals surface area contributed by atoms with Crippen LogP contribution in [0.1, 0.15) is 5.56 Å². The van der Waals surface area contributed by atoms with Crippen LogP contribution in [0.4, 0.5) is 17.1 Å². The number of sulfonamides is 1. The Morgan fingerprint density at radius 3 is 2.04 bits per heavy atom. The minimum Gasteiger partial charge on any atom is -0.356 e. The zero-order valence-corrected chi connectivity index (χ0v) is 14.0. The largest absolute Gasteiger partial charge is 0.356 e. The summed E-state index contributed by atoms with van der Waals surface area (Å²) >= 11 is 0. The summed E-state index contributed by atoms with van der Waals surface area (Å²) in [6, 6.07) is 23.5. The van der Waals surface area contributed by atoms with Gasteiger partial charge < -0.3 is 5.32 Å². The fourth-order valence-corrected chi connectivity index (χ4v) is 3.40. The Morgan fingerprint density at radius 2 is 1.38 bits per heavy atom. The highest BCUT2D eigenvalue weighted by Gasteiger charge is 2.13. The Bertz CT molecular complexity index is 921. The second-order valence-corrected chi connectivity index (χ2v) is 7.17. The summed E-state index contributed by atoms with van der Waals surface area (Å²) in [5.74, 6) is 0. The average Bonchev–Trinajstić information content (AvgIpc) is 2.57. The van der Waals surface area contributed by atoms with Crippen LogP contribution < -0.4 is 10.0 Å². The summed E-state index contributed by atoms with van der Waals surface area (Å²) in [4.78, 5) is 0.243. The lowest BCUT2D eigenvalue weighted by atomic mass is 10.2. The van der Waals surface area contributed by atoms with E-state index in [1.54, 1.807) is 42.5 Å². The molecule has 0 aliphatic carbocycles. The van der Waals surface area contributed by atoms with Crippen LogP contribution >= 0.6 is 0 Å². The van der Waals surface area contributed by atoms with Gasteiger partial charge in [-0.25, -0.2) is 8.42 Å². The molecule has 0 saturated carbocycles. The zero-order valence-electron chi connectivity index (χ0n) is 13.2. The van der Waals surface area contributed by atoms with Gasteiger partial charge >= 0.3 is 0 Å². The van der Waals surface area contributed by atoms with E-state index in [-0.39, 0.29) is 4.90 Å². The zero-order chi connectivity index (χ0) is 17.0. The van der Waals surface area contributed by atoms with Crippen LogP contribution in [0.2, 0.25) is 0 Å². The lowest BCUT2D eigenvalue weighted by Crippen LogP contribution is -2.12. The first-order chi connectivity index (χ1) is 11.5. The van der Waals surface area contributed by atoms with E-state index < -0.39 is 10.0 Å². The number of aryl methyl sites for hydroxylation is 1. The Balaban J connectivity index is 1.73. The van der Waals surface area contributed by atoms with Crippen molar-refractivity contribution in [1.29, 1.82) is 0 Å². The van der Waals surface area contributed by atoms with Gasteiger partial charge in [-0.1, -0.05) is 30.3 Å². The Labute approximate surface area is 142 Å². The molecule has 0 spiro atoms. The fraction of sp³-hybridized carbons (Fsp3) is 0.0526. The third-order valence-electron chi connectivity index (χ3n) is 3.50. The molecule has 0 saturated heterocycles. The summed E-state index contributed by atoms with van der Waals surface area (Å²) in [6.45, 7) is 2.03. The Kier molecular flexibility index (Phi) is 4.53. The van der Waals surface area contributed by atoms with Crippen molar-refractivity contribution in [2.24, 2.45) is 0 Å². The molecule has 0 heterocycles. The molecule has 0 amide bonds. The van der Waals surface area contributed by atoms with Gasteiger partial charge in [0, 0.05) is 17.1 Å². The number of anilines is 3. The Morgan fingerprint density at radius 1 is 0.708 bits per heavy atom. The lowest BCUT2D eigenvalue weighted by Gasteiger charge is -2.10. The van der Waals surface area contributed by atoms with E-state index >= 15 is 0 Å². The molecule has 0 radical (unpaired) electrons. The van der Waals surface area contributed by atoms with Gasteiger partial charge in [0.15, 0.2) is 0 Å². The van der Waals surface area contributed by atoms with Gasteiger partial charge in [0.2, 0.25) is 0 Å². The fourth-order valence-electron chi connectivity index (χ4n) is 2.32. The van der Waals surface area contributed by atoms with Crippen molar-refractivity contribution in [1.82, 2.24) is 0 Å². The minimum atomic E-state index is -3.56. The molecule has 2 N–H and O–H groups in total. The SMILES string of the molecule is Cc1cccc(Nc2ccc(NS(=O)(=O)c3ccccc3)cc2)c1. The number of rotatable bonds is 5. The van der Waals surface area contributed by atoms with E-state index in [1.165, 1.54) is 5.56 Å². The van der Waals surface area contributed by atoms with Gasteiger partial charge in [0.05, 0.1) is 4.90 Å².